The van der Waals surface area contributed by atoms with E-state index in [-0.39, 0.29) is 6.03 Å². The number of urea groups is 1. The van der Waals surface area contributed by atoms with E-state index in [0.717, 1.165) is 13.0 Å². The summed E-state index contributed by atoms with van der Waals surface area (Å²) in [5, 5.41) is 6.00. The molecule has 0 saturated carbocycles. The van der Waals surface area contributed by atoms with Crippen LogP contribution in [0.1, 0.15) is 13.3 Å². The van der Waals surface area contributed by atoms with Crippen LogP contribution in [-0.4, -0.2) is 28.7 Å². The van der Waals surface area contributed by atoms with Crippen molar-refractivity contribution in [3.63, 3.8) is 0 Å². The lowest BCUT2D eigenvalue weighted by Crippen LogP contribution is -2.30. The Kier molecular flexibility index (Phi) is 6.09. The van der Waals surface area contributed by atoms with Crippen LogP contribution in [0.25, 0.3) is 0 Å². The van der Waals surface area contributed by atoms with Crippen molar-refractivity contribution >= 4 is 23.3 Å². The Bertz CT molecular complexity index is 602. The van der Waals surface area contributed by atoms with Crippen LogP contribution in [0.15, 0.2) is 36.9 Å². The van der Waals surface area contributed by atoms with Crippen LogP contribution in [0.4, 0.5) is 10.5 Å². The number of hydrogen-bond acceptors (Lipinski definition) is 3. The van der Waals surface area contributed by atoms with Crippen molar-refractivity contribution in [1.82, 2.24) is 14.9 Å². The van der Waals surface area contributed by atoms with E-state index in [1.807, 2.05) is 17.7 Å². The highest BCUT2D eigenvalue weighted by Crippen LogP contribution is 2.27. The van der Waals surface area contributed by atoms with Crippen molar-refractivity contribution in [2.45, 2.75) is 19.9 Å². The molecule has 0 aliphatic carbocycles. The average Bonchev–Trinajstić information content (AvgIpc) is 3.00. The van der Waals surface area contributed by atoms with E-state index in [1.54, 1.807) is 30.7 Å². The molecule has 0 bridgehead atoms. The molecule has 0 aliphatic heterocycles. The van der Waals surface area contributed by atoms with Crippen LogP contribution >= 0.6 is 11.6 Å². The minimum atomic E-state index is -0.258. The topological polar surface area (TPSA) is 68.2 Å². The van der Waals surface area contributed by atoms with Gasteiger partial charge in [0.25, 0.3) is 0 Å². The first-order valence-corrected chi connectivity index (χ1v) is 7.49. The van der Waals surface area contributed by atoms with Crippen LogP contribution in [0.3, 0.4) is 0 Å². The van der Waals surface area contributed by atoms with Crippen molar-refractivity contribution in [3.8, 4) is 5.75 Å². The quantitative estimate of drug-likeness (QED) is 0.769. The lowest BCUT2D eigenvalue weighted by Gasteiger charge is -2.10. The Morgan fingerprint density at radius 1 is 1.45 bits per heavy atom. The smallest absolute Gasteiger partial charge is 0.319 e. The van der Waals surface area contributed by atoms with E-state index < -0.39 is 0 Å². The average molecular weight is 323 g/mol. The molecule has 2 rings (SSSR count). The normalized spacial score (nSPS) is 10.3. The Hall–Kier alpha value is -2.21. The summed E-state index contributed by atoms with van der Waals surface area (Å²) in [4.78, 5) is 15.7. The maximum atomic E-state index is 11.8. The number of hydrogen-bond donors (Lipinski definition) is 2. The molecule has 1 aromatic carbocycles. The number of anilines is 1. The van der Waals surface area contributed by atoms with E-state index >= 15 is 0 Å². The largest absolute Gasteiger partial charge is 0.492 e. The molecule has 1 heterocycles. The monoisotopic (exact) mass is 322 g/mol. The van der Waals surface area contributed by atoms with Gasteiger partial charge in [-0.15, -0.1) is 0 Å². The van der Waals surface area contributed by atoms with Gasteiger partial charge in [-0.25, -0.2) is 9.78 Å². The number of nitrogens with one attached hydrogen (secondary N) is 2. The molecule has 6 nitrogen and oxygen atoms in total. The molecule has 1 aromatic heterocycles. The fourth-order valence-corrected chi connectivity index (χ4v) is 2.14. The SMILES string of the molecule is CCOc1ccc(NC(=O)NCCCn2ccnc2)cc1Cl. The van der Waals surface area contributed by atoms with E-state index in [9.17, 15) is 4.79 Å². The number of rotatable bonds is 7. The molecule has 7 heteroatoms. The number of benzene rings is 1. The number of nitrogens with zero attached hydrogens (tertiary/aromatic N) is 2. The summed E-state index contributed by atoms with van der Waals surface area (Å²) < 4.78 is 7.31. The van der Waals surface area contributed by atoms with Crippen molar-refractivity contribution in [3.05, 3.63) is 41.9 Å². The van der Waals surface area contributed by atoms with Gasteiger partial charge in [-0.05, 0) is 31.5 Å². The second-order valence-corrected chi connectivity index (χ2v) is 5.02. The van der Waals surface area contributed by atoms with Gasteiger partial charge < -0.3 is 19.9 Å². The molecule has 2 N–H and O–H groups in total. The van der Waals surface area contributed by atoms with Gasteiger partial charge in [0, 0.05) is 31.2 Å². The molecule has 0 fully saturated rings. The first kappa shape index (κ1) is 16.2. The van der Waals surface area contributed by atoms with Crippen LogP contribution < -0.4 is 15.4 Å². The third-order valence-electron chi connectivity index (χ3n) is 2.93. The van der Waals surface area contributed by atoms with E-state index in [4.69, 9.17) is 16.3 Å². The van der Waals surface area contributed by atoms with Gasteiger partial charge in [-0.3, -0.25) is 0 Å². The zero-order valence-electron chi connectivity index (χ0n) is 12.4. The summed E-state index contributed by atoms with van der Waals surface area (Å²) >= 11 is 6.07. The molecule has 118 valence electrons. The summed E-state index contributed by atoms with van der Waals surface area (Å²) in [5.74, 6) is 0.607. The Labute approximate surface area is 134 Å². The summed E-state index contributed by atoms with van der Waals surface area (Å²) in [6.45, 7) is 3.83. The maximum absolute atomic E-state index is 11.8. The van der Waals surface area contributed by atoms with Gasteiger partial charge in [0.2, 0.25) is 0 Å². The third-order valence-corrected chi connectivity index (χ3v) is 3.22. The van der Waals surface area contributed by atoms with Crippen LogP contribution in [-0.2, 0) is 6.54 Å². The lowest BCUT2D eigenvalue weighted by molar-refractivity contribution is 0.252. The molecule has 0 spiro atoms. The Balaban J connectivity index is 1.73. The third kappa shape index (κ3) is 4.96. The molecule has 0 saturated heterocycles. The zero-order valence-corrected chi connectivity index (χ0v) is 13.1. The number of amides is 2. The number of carbonyl (C=O) groups is 1. The zero-order chi connectivity index (χ0) is 15.8. The second kappa shape index (κ2) is 8.29. The van der Waals surface area contributed by atoms with E-state index in [0.29, 0.717) is 29.6 Å². The number of aryl methyl sites for hydroxylation is 1. The fraction of sp³-hybridized carbons (Fsp3) is 0.333. The van der Waals surface area contributed by atoms with Crippen molar-refractivity contribution in [2.75, 3.05) is 18.5 Å². The predicted molar refractivity (Wildman–Crippen MR) is 86.5 cm³/mol. The highest BCUT2D eigenvalue weighted by atomic mass is 35.5. The highest BCUT2D eigenvalue weighted by molar-refractivity contribution is 6.32. The molecular weight excluding hydrogens is 304 g/mol. The van der Waals surface area contributed by atoms with Gasteiger partial charge in [0.05, 0.1) is 18.0 Å². The number of carbonyl (C=O) groups excluding carboxylic acids is 1. The minimum absolute atomic E-state index is 0.258. The lowest BCUT2D eigenvalue weighted by atomic mass is 10.3. The molecule has 22 heavy (non-hydrogen) atoms. The minimum Gasteiger partial charge on any atom is -0.492 e. The van der Waals surface area contributed by atoms with E-state index in [1.165, 1.54) is 0 Å². The van der Waals surface area contributed by atoms with E-state index in [2.05, 4.69) is 15.6 Å². The molecule has 2 amide bonds. The van der Waals surface area contributed by atoms with Gasteiger partial charge in [-0.2, -0.15) is 0 Å². The van der Waals surface area contributed by atoms with Gasteiger partial charge >= 0.3 is 6.03 Å². The Morgan fingerprint density at radius 3 is 3.00 bits per heavy atom. The number of ether oxygens (including phenoxy) is 1. The van der Waals surface area contributed by atoms with Crippen molar-refractivity contribution < 1.29 is 9.53 Å². The molecule has 0 unspecified atom stereocenters. The Morgan fingerprint density at radius 2 is 2.32 bits per heavy atom. The molecular formula is C15H19ClN4O2. The van der Waals surface area contributed by atoms with Crippen molar-refractivity contribution in [2.24, 2.45) is 0 Å². The highest BCUT2D eigenvalue weighted by Gasteiger charge is 2.05. The number of halogens is 1. The summed E-state index contributed by atoms with van der Waals surface area (Å²) in [6.07, 6.45) is 6.20. The van der Waals surface area contributed by atoms with Crippen LogP contribution in [0.5, 0.6) is 5.75 Å². The fourth-order valence-electron chi connectivity index (χ4n) is 1.91. The molecule has 0 atom stereocenters. The summed E-state index contributed by atoms with van der Waals surface area (Å²) in [7, 11) is 0. The van der Waals surface area contributed by atoms with Gasteiger partial charge in [0.1, 0.15) is 5.75 Å². The number of aromatic nitrogens is 2. The second-order valence-electron chi connectivity index (χ2n) is 4.61. The predicted octanol–water partition coefficient (Wildman–Crippen LogP) is 3.15. The van der Waals surface area contributed by atoms with Crippen molar-refractivity contribution in [1.29, 1.82) is 0 Å². The van der Waals surface area contributed by atoms with Gasteiger partial charge in [-0.1, -0.05) is 11.6 Å². The van der Waals surface area contributed by atoms with Crippen LogP contribution in [0.2, 0.25) is 5.02 Å². The first-order chi connectivity index (χ1) is 10.7. The molecule has 2 aromatic rings. The summed E-state index contributed by atoms with van der Waals surface area (Å²) in [6, 6.07) is 4.89. The molecule has 0 aliphatic rings. The summed E-state index contributed by atoms with van der Waals surface area (Å²) in [5.41, 5.74) is 0.626. The first-order valence-electron chi connectivity index (χ1n) is 7.12. The number of imidazole rings is 1. The van der Waals surface area contributed by atoms with Gasteiger partial charge in [0.15, 0.2) is 0 Å². The standard InChI is InChI=1S/C15H19ClN4O2/c1-2-22-14-5-4-12(10-13(14)16)19-15(21)18-6-3-8-20-9-7-17-11-20/h4-5,7,9-11H,2-3,6,8H2,1H3,(H2,18,19,21). The van der Waals surface area contributed by atoms with Crippen LogP contribution in [0, 0.1) is 0 Å². The maximum Gasteiger partial charge on any atom is 0.319 e. The molecule has 0 radical (unpaired) electrons.